The zero-order valence-corrected chi connectivity index (χ0v) is 24.1. The molecule has 0 aromatic heterocycles. The summed E-state index contributed by atoms with van der Waals surface area (Å²) in [5.74, 6) is -0.0903. The molecule has 2 rings (SSSR count). The SMILES string of the molecule is COC(CC(O)C(C)(C)C(=O)C(C)[C@@H](O)C(C)/C=C/C/C(C)=C\CC/C(C)=C/C1=CN1CCN)=C1CC1. The van der Waals surface area contributed by atoms with Gasteiger partial charge in [0, 0.05) is 37.5 Å². The van der Waals surface area contributed by atoms with Gasteiger partial charge in [0.1, 0.15) is 5.78 Å². The van der Waals surface area contributed by atoms with Crippen molar-refractivity contribution >= 4 is 5.78 Å². The second kappa shape index (κ2) is 14.1. The van der Waals surface area contributed by atoms with Gasteiger partial charge in [-0.15, -0.1) is 0 Å². The summed E-state index contributed by atoms with van der Waals surface area (Å²) in [4.78, 5) is 15.4. The first-order valence-corrected chi connectivity index (χ1v) is 13.8. The van der Waals surface area contributed by atoms with E-state index in [1.54, 1.807) is 27.9 Å². The average molecular weight is 515 g/mol. The summed E-state index contributed by atoms with van der Waals surface area (Å²) in [6.07, 6.45) is 14.2. The van der Waals surface area contributed by atoms with E-state index in [-0.39, 0.29) is 11.7 Å². The van der Waals surface area contributed by atoms with Crippen LogP contribution in [0.15, 0.2) is 58.7 Å². The van der Waals surface area contributed by atoms with E-state index in [1.807, 2.05) is 13.0 Å². The molecule has 4 N–H and O–H groups in total. The van der Waals surface area contributed by atoms with Crippen LogP contribution < -0.4 is 5.73 Å². The van der Waals surface area contributed by atoms with Crippen LogP contribution in [0.3, 0.4) is 0 Å². The van der Waals surface area contributed by atoms with Crippen LogP contribution in [0.4, 0.5) is 0 Å². The molecule has 0 radical (unpaired) electrons. The Labute approximate surface area is 224 Å². The molecule has 6 heteroatoms. The lowest BCUT2D eigenvalue weighted by Gasteiger charge is -2.34. The zero-order chi connectivity index (χ0) is 27.8. The van der Waals surface area contributed by atoms with Crippen LogP contribution in [0.1, 0.15) is 80.1 Å². The van der Waals surface area contributed by atoms with Crippen molar-refractivity contribution in [2.24, 2.45) is 23.0 Å². The van der Waals surface area contributed by atoms with Gasteiger partial charge in [0.05, 0.1) is 36.2 Å². The van der Waals surface area contributed by atoms with E-state index in [9.17, 15) is 15.0 Å². The van der Waals surface area contributed by atoms with Crippen molar-refractivity contribution in [2.45, 2.75) is 92.3 Å². The summed E-state index contributed by atoms with van der Waals surface area (Å²) < 4.78 is 5.43. The first kappa shape index (κ1) is 31.1. The predicted molar refractivity (Wildman–Crippen MR) is 151 cm³/mol. The monoisotopic (exact) mass is 514 g/mol. The Morgan fingerprint density at radius 3 is 2.49 bits per heavy atom. The summed E-state index contributed by atoms with van der Waals surface area (Å²) in [6, 6.07) is 0. The lowest BCUT2D eigenvalue weighted by atomic mass is 9.73. The Morgan fingerprint density at radius 2 is 1.89 bits per heavy atom. The van der Waals surface area contributed by atoms with Gasteiger partial charge in [0.15, 0.2) is 0 Å². The van der Waals surface area contributed by atoms with Crippen molar-refractivity contribution in [3.8, 4) is 0 Å². The quantitative estimate of drug-likeness (QED) is 0.178. The van der Waals surface area contributed by atoms with Crippen molar-refractivity contribution < 1.29 is 19.7 Å². The van der Waals surface area contributed by atoms with Gasteiger partial charge >= 0.3 is 0 Å². The first-order chi connectivity index (χ1) is 17.4. The van der Waals surface area contributed by atoms with E-state index in [4.69, 9.17) is 10.5 Å². The predicted octanol–water partition coefficient (Wildman–Crippen LogP) is 5.39. The van der Waals surface area contributed by atoms with Crippen LogP contribution in [-0.4, -0.2) is 53.3 Å². The van der Waals surface area contributed by atoms with Crippen molar-refractivity contribution in [2.75, 3.05) is 20.2 Å². The molecule has 0 aromatic rings. The molecule has 208 valence electrons. The van der Waals surface area contributed by atoms with Crippen LogP contribution in [0.5, 0.6) is 0 Å². The molecule has 2 aliphatic rings. The molecular weight excluding hydrogens is 464 g/mol. The van der Waals surface area contributed by atoms with E-state index in [0.29, 0.717) is 13.0 Å². The van der Waals surface area contributed by atoms with E-state index < -0.39 is 23.5 Å². The Kier molecular flexibility index (Phi) is 11.9. The number of aliphatic hydroxyl groups excluding tert-OH is 2. The van der Waals surface area contributed by atoms with Gasteiger partial charge in [-0.3, -0.25) is 4.79 Å². The van der Waals surface area contributed by atoms with Crippen LogP contribution in [0.25, 0.3) is 0 Å². The van der Waals surface area contributed by atoms with Crippen LogP contribution in [0.2, 0.25) is 0 Å². The van der Waals surface area contributed by atoms with Crippen molar-refractivity contribution in [1.29, 1.82) is 0 Å². The number of Topliss-reactive ketones (excluding diaryl/α,β-unsaturated/α-hetero) is 1. The third kappa shape index (κ3) is 9.59. The molecular formula is C31H50N2O4. The highest BCUT2D eigenvalue weighted by molar-refractivity contribution is 5.87. The lowest BCUT2D eigenvalue weighted by Crippen LogP contribution is -2.44. The first-order valence-electron chi connectivity index (χ1n) is 13.8. The molecule has 0 aromatic carbocycles. The summed E-state index contributed by atoms with van der Waals surface area (Å²) >= 11 is 0. The van der Waals surface area contributed by atoms with Gasteiger partial charge in [0.25, 0.3) is 0 Å². The molecule has 1 aliphatic carbocycles. The maximum absolute atomic E-state index is 13.3. The minimum absolute atomic E-state index is 0.128. The third-order valence-corrected chi connectivity index (χ3v) is 7.68. The maximum atomic E-state index is 13.3. The van der Waals surface area contributed by atoms with Gasteiger partial charge in [-0.2, -0.15) is 0 Å². The van der Waals surface area contributed by atoms with E-state index in [2.05, 4.69) is 43.2 Å². The van der Waals surface area contributed by atoms with Gasteiger partial charge in [-0.05, 0) is 57.6 Å². The average Bonchev–Trinajstić information content (AvgIpc) is 3.78. The molecule has 4 atom stereocenters. The number of carbonyl (C=O) groups is 1. The number of nitrogens with two attached hydrogens (primary N) is 1. The summed E-state index contributed by atoms with van der Waals surface area (Å²) in [7, 11) is 1.61. The Bertz CT molecular complexity index is 935. The number of carbonyl (C=O) groups excluding carboxylic acids is 1. The number of aliphatic hydroxyl groups is 2. The molecule has 1 heterocycles. The number of hydrogen-bond donors (Lipinski definition) is 3. The Hall–Kier alpha value is -2.15. The molecule has 1 aliphatic heterocycles. The zero-order valence-electron chi connectivity index (χ0n) is 24.1. The molecule has 1 saturated carbocycles. The molecule has 37 heavy (non-hydrogen) atoms. The number of hydrogen-bond acceptors (Lipinski definition) is 6. The Balaban J connectivity index is 1.80. The second-order valence-corrected chi connectivity index (χ2v) is 11.4. The van der Waals surface area contributed by atoms with Crippen molar-refractivity contribution in [3.05, 3.63) is 58.7 Å². The van der Waals surface area contributed by atoms with Gasteiger partial charge in [-0.25, -0.2) is 0 Å². The molecule has 1 fully saturated rings. The topological polar surface area (TPSA) is 95.8 Å². The minimum atomic E-state index is -0.978. The number of ketones is 1. The molecule has 3 unspecified atom stereocenters. The van der Waals surface area contributed by atoms with E-state index in [0.717, 1.165) is 44.4 Å². The summed E-state index contributed by atoms with van der Waals surface area (Å²) in [6.45, 7) is 13.1. The fourth-order valence-corrected chi connectivity index (χ4v) is 4.63. The molecule has 6 nitrogen and oxygen atoms in total. The highest BCUT2D eigenvalue weighted by Crippen LogP contribution is 2.37. The summed E-state index contributed by atoms with van der Waals surface area (Å²) in [5.41, 5.74) is 9.73. The highest BCUT2D eigenvalue weighted by atomic mass is 16.5. The third-order valence-electron chi connectivity index (χ3n) is 7.68. The van der Waals surface area contributed by atoms with Crippen LogP contribution in [0, 0.1) is 17.3 Å². The van der Waals surface area contributed by atoms with Crippen molar-refractivity contribution in [3.63, 3.8) is 0 Å². The molecule has 0 saturated heterocycles. The molecule has 0 amide bonds. The second-order valence-electron chi connectivity index (χ2n) is 11.4. The number of rotatable bonds is 17. The number of ether oxygens (including phenoxy) is 1. The minimum Gasteiger partial charge on any atom is -0.501 e. The normalized spacial score (nSPS) is 19.5. The van der Waals surface area contributed by atoms with Crippen LogP contribution >= 0.6 is 0 Å². The van der Waals surface area contributed by atoms with Gasteiger partial charge < -0.3 is 25.6 Å². The Morgan fingerprint density at radius 1 is 1.22 bits per heavy atom. The smallest absolute Gasteiger partial charge is 0.146 e. The summed E-state index contributed by atoms with van der Waals surface area (Å²) in [5, 5.41) is 21.7. The fraction of sp³-hybridized carbons (Fsp3) is 0.645. The van der Waals surface area contributed by atoms with Crippen molar-refractivity contribution in [1.82, 2.24) is 4.90 Å². The number of allylic oxidation sites excluding steroid dienone is 6. The number of nitrogens with zero attached hydrogens (tertiary/aromatic N) is 1. The lowest BCUT2D eigenvalue weighted by molar-refractivity contribution is -0.141. The largest absolute Gasteiger partial charge is 0.501 e. The fourth-order valence-electron chi connectivity index (χ4n) is 4.63. The van der Waals surface area contributed by atoms with Gasteiger partial charge in [-0.1, -0.05) is 57.1 Å². The van der Waals surface area contributed by atoms with Gasteiger partial charge in [0.2, 0.25) is 0 Å². The van der Waals surface area contributed by atoms with E-state index in [1.165, 1.54) is 22.4 Å². The highest BCUT2D eigenvalue weighted by Gasteiger charge is 2.41. The number of methoxy groups -OCH3 is 1. The molecule has 0 spiro atoms. The maximum Gasteiger partial charge on any atom is 0.146 e. The van der Waals surface area contributed by atoms with Crippen LogP contribution in [-0.2, 0) is 9.53 Å². The van der Waals surface area contributed by atoms with E-state index >= 15 is 0 Å². The molecule has 0 bridgehead atoms. The standard InChI is InChI=1S/C31H50N2O4/c1-21(10-8-12-22(2)18-26-20-33(26)17-16-32)11-9-13-23(3)29(35)24(4)30(36)31(5,6)28(34)19-27(37-7)25-14-15-25/h9-10,13,18,20,23-24,28-29,34-35H,8,11-12,14-17,19,32H2,1-7H3/b13-9+,21-10-,22-18+/t23?,24?,28?,29-,33?/m0/s1.